The number of nitrogens with one attached hydrogen (secondary N) is 1. The van der Waals surface area contributed by atoms with Gasteiger partial charge in [-0.05, 0) is 36.2 Å². The highest BCUT2D eigenvalue weighted by Gasteiger charge is 2.17. The van der Waals surface area contributed by atoms with Crippen molar-refractivity contribution < 1.29 is 13.9 Å². The van der Waals surface area contributed by atoms with Crippen LogP contribution in [0.5, 0.6) is 5.75 Å². The maximum atomic E-state index is 12.1. The number of ether oxygens (including phenoxy) is 1. The van der Waals surface area contributed by atoms with Gasteiger partial charge in [-0.15, -0.1) is 10.2 Å². The van der Waals surface area contributed by atoms with Crippen LogP contribution in [0.4, 0.5) is 0 Å². The van der Waals surface area contributed by atoms with E-state index >= 15 is 0 Å². The average Bonchev–Trinajstić information content (AvgIpc) is 3.49. The van der Waals surface area contributed by atoms with E-state index < -0.39 is 0 Å². The Morgan fingerprint density at radius 3 is 2.64 bits per heavy atom. The number of oxazole rings is 1. The molecule has 170 valence electrons. The van der Waals surface area contributed by atoms with Gasteiger partial charge in [0.05, 0.1) is 12.9 Å². The second kappa shape index (κ2) is 10.8. The van der Waals surface area contributed by atoms with E-state index in [2.05, 4.69) is 32.6 Å². The predicted octanol–water partition coefficient (Wildman–Crippen LogP) is 4.29. The summed E-state index contributed by atoms with van der Waals surface area (Å²) in [6.07, 6.45) is 2.88. The molecule has 0 aliphatic rings. The van der Waals surface area contributed by atoms with Crippen molar-refractivity contribution in [3.05, 3.63) is 83.8 Å². The molecule has 0 saturated heterocycles. The predicted molar refractivity (Wildman–Crippen MR) is 126 cm³/mol. The molecule has 9 heteroatoms. The lowest BCUT2D eigenvalue weighted by Gasteiger charge is -2.11. The molecule has 0 atom stereocenters. The third-order valence-electron chi connectivity index (χ3n) is 4.88. The fourth-order valence-corrected chi connectivity index (χ4v) is 4.04. The number of amides is 1. The van der Waals surface area contributed by atoms with Crippen molar-refractivity contribution in [3.8, 4) is 11.4 Å². The SMILES string of the molecule is CCCNC(=O)c1coc(CSc2nnc(Cc3ccccc3)n2-c2ccc(OC)cc2)n1. The van der Waals surface area contributed by atoms with Crippen LogP contribution in [0.1, 0.15) is 41.1 Å². The lowest BCUT2D eigenvalue weighted by molar-refractivity contribution is 0.0948. The van der Waals surface area contributed by atoms with Crippen molar-refractivity contribution in [2.24, 2.45) is 0 Å². The summed E-state index contributed by atoms with van der Waals surface area (Å²) in [5.74, 6) is 2.24. The minimum Gasteiger partial charge on any atom is -0.497 e. The molecule has 0 fully saturated rings. The first-order valence-corrected chi connectivity index (χ1v) is 11.6. The summed E-state index contributed by atoms with van der Waals surface area (Å²) in [7, 11) is 1.64. The Balaban J connectivity index is 1.56. The van der Waals surface area contributed by atoms with Crippen LogP contribution in [-0.2, 0) is 12.2 Å². The van der Waals surface area contributed by atoms with E-state index in [0.717, 1.165) is 29.2 Å². The number of carbonyl (C=O) groups excluding carboxylic acids is 1. The van der Waals surface area contributed by atoms with Gasteiger partial charge in [0.25, 0.3) is 5.91 Å². The van der Waals surface area contributed by atoms with Crippen molar-refractivity contribution >= 4 is 17.7 Å². The molecule has 0 bridgehead atoms. The molecular weight excluding hydrogens is 438 g/mol. The molecule has 8 nitrogen and oxygen atoms in total. The molecular formula is C24H25N5O3S. The van der Waals surface area contributed by atoms with Crippen molar-refractivity contribution in [2.75, 3.05) is 13.7 Å². The average molecular weight is 464 g/mol. The van der Waals surface area contributed by atoms with Gasteiger partial charge in [-0.2, -0.15) is 0 Å². The molecule has 0 aliphatic carbocycles. The second-order valence-electron chi connectivity index (χ2n) is 7.27. The van der Waals surface area contributed by atoms with Gasteiger partial charge < -0.3 is 14.5 Å². The number of methoxy groups -OCH3 is 1. The summed E-state index contributed by atoms with van der Waals surface area (Å²) in [6.45, 7) is 2.60. The Morgan fingerprint density at radius 1 is 1.12 bits per heavy atom. The van der Waals surface area contributed by atoms with Crippen LogP contribution in [0.3, 0.4) is 0 Å². The fourth-order valence-electron chi connectivity index (χ4n) is 3.21. The van der Waals surface area contributed by atoms with Gasteiger partial charge in [-0.25, -0.2) is 4.98 Å². The molecule has 1 N–H and O–H groups in total. The number of nitrogens with zero attached hydrogens (tertiary/aromatic N) is 4. The summed E-state index contributed by atoms with van der Waals surface area (Å²) in [5, 5.41) is 12.4. The number of thioether (sulfide) groups is 1. The van der Waals surface area contributed by atoms with Gasteiger partial charge in [0.2, 0.25) is 5.89 Å². The maximum absolute atomic E-state index is 12.1. The van der Waals surface area contributed by atoms with Crippen LogP contribution in [0.25, 0.3) is 5.69 Å². The highest BCUT2D eigenvalue weighted by Crippen LogP contribution is 2.27. The fraction of sp³-hybridized carbons (Fsp3) is 0.250. The Morgan fingerprint density at radius 2 is 1.91 bits per heavy atom. The van der Waals surface area contributed by atoms with Crippen molar-refractivity contribution in [3.63, 3.8) is 0 Å². The van der Waals surface area contributed by atoms with E-state index in [1.165, 1.54) is 18.0 Å². The zero-order valence-electron chi connectivity index (χ0n) is 18.5. The lowest BCUT2D eigenvalue weighted by Crippen LogP contribution is -2.24. The van der Waals surface area contributed by atoms with E-state index in [4.69, 9.17) is 9.15 Å². The topological polar surface area (TPSA) is 95.1 Å². The largest absolute Gasteiger partial charge is 0.497 e. The molecule has 1 amide bonds. The molecule has 2 aromatic heterocycles. The number of benzene rings is 2. The maximum Gasteiger partial charge on any atom is 0.273 e. The molecule has 0 aliphatic heterocycles. The van der Waals surface area contributed by atoms with Crippen LogP contribution in [0.2, 0.25) is 0 Å². The van der Waals surface area contributed by atoms with Crippen LogP contribution in [0, 0.1) is 0 Å². The molecule has 0 spiro atoms. The van der Waals surface area contributed by atoms with Crippen molar-refractivity contribution in [1.82, 2.24) is 25.1 Å². The quantitative estimate of drug-likeness (QED) is 0.351. The molecule has 4 aromatic rings. The Kier molecular flexibility index (Phi) is 7.41. The van der Waals surface area contributed by atoms with Crippen LogP contribution in [-0.4, -0.2) is 39.3 Å². The van der Waals surface area contributed by atoms with E-state index in [-0.39, 0.29) is 11.6 Å². The number of aromatic nitrogens is 4. The Hall–Kier alpha value is -3.59. The molecule has 0 saturated carbocycles. The van der Waals surface area contributed by atoms with Gasteiger partial charge in [0.1, 0.15) is 17.8 Å². The van der Waals surface area contributed by atoms with Gasteiger partial charge in [0, 0.05) is 18.7 Å². The number of rotatable bonds is 10. The Bertz CT molecular complexity index is 1190. The van der Waals surface area contributed by atoms with Crippen LogP contribution < -0.4 is 10.1 Å². The standard InChI is InChI=1S/C24H25N5O3S/c1-3-13-25-23(30)20-15-32-22(26-20)16-33-24-28-27-21(14-17-7-5-4-6-8-17)29(24)18-9-11-19(31-2)12-10-18/h4-12,15H,3,13-14,16H2,1-2H3,(H,25,30). The zero-order valence-corrected chi connectivity index (χ0v) is 19.3. The number of hydrogen-bond acceptors (Lipinski definition) is 7. The monoisotopic (exact) mass is 463 g/mol. The summed E-state index contributed by atoms with van der Waals surface area (Å²) >= 11 is 1.45. The highest BCUT2D eigenvalue weighted by molar-refractivity contribution is 7.98. The first-order valence-electron chi connectivity index (χ1n) is 10.7. The Labute approximate surface area is 196 Å². The van der Waals surface area contributed by atoms with Crippen molar-refractivity contribution in [1.29, 1.82) is 0 Å². The molecule has 4 rings (SSSR count). The number of carbonyl (C=O) groups is 1. The minimum absolute atomic E-state index is 0.233. The molecule has 0 unspecified atom stereocenters. The zero-order chi connectivity index (χ0) is 23.0. The summed E-state index contributed by atoms with van der Waals surface area (Å²) in [6, 6.07) is 17.9. The molecule has 0 radical (unpaired) electrons. The third-order valence-corrected chi connectivity index (χ3v) is 5.79. The molecule has 33 heavy (non-hydrogen) atoms. The van der Waals surface area contributed by atoms with Gasteiger partial charge >= 0.3 is 0 Å². The summed E-state index contributed by atoms with van der Waals surface area (Å²) in [5.41, 5.74) is 2.35. The van der Waals surface area contributed by atoms with E-state index in [1.807, 2.05) is 54.0 Å². The van der Waals surface area contributed by atoms with E-state index in [1.54, 1.807) is 7.11 Å². The normalized spacial score (nSPS) is 10.8. The summed E-state index contributed by atoms with van der Waals surface area (Å²) < 4.78 is 12.8. The highest BCUT2D eigenvalue weighted by atomic mass is 32.2. The van der Waals surface area contributed by atoms with E-state index in [0.29, 0.717) is 29.8 Å². The van der Waals surface area contributed by atoms with Crippen molar-refractivity contribution in [2.45, 2.75) is 30.7 Å². The third kappa shape index (κ3) is 5.61. The van der Waals surface area contributed by atoms with Gasteiger partial charge in [-0.3, -0.25) is 9.36 Å². The smallest absolute Gasteiger partial charge is 0.273 e. The summed E-state index contributed by atoms with van der Waals surface area (Å²) in [4.78, 5) is 16.4. The van der Waals surface area contributed by atoms with Crippen LogP contribution in [0.15, 0.2) is 70.4 Å². The first-order chi connectivity index (χ1) is 16.2. The minimum atomic E-state index is -0.233. The molecule has 2 heterocycles. The number of hydrogen-bond donors (Lipinski definition) is 1. The van der Waals surface area contributed by atoms with E-state index in [9.17, 15) is 4.79 Å². The lowest BCUT2D eigenvalue weighted by atomic mass is 10.1. The first kappa shape index (κ1) is 22.6. The second-order valence-corrected chi connectivity index (χ2v) is 8.21. The van der Waals surface area contributed by atoms with Gasteiger partial charge in [-0.1, -0.05) is 49.0 Å². The van der Waals surface area contributed by atoms with Gasteiger partial charge in [0.15, 0.2) is 10.9 Å². The molecule has 2 aromatic carbocycles. The van der Waals surface area contributed by atoms with Crippen LogP contribution >= 0.6 is 11.8 Å².